The average molecular weight is 264 g/mol. The van der Waals surface area contributed by atoms with E-state index in [0.717, 1.165) is 17.5 Å². The van der Waals surface area contributed by atoms with Gasteiger partial charge in [0.1, 0.15) is 5.82 Å². The van der Waals surface area contributed by atoms with Crippen LogP contribution in [-0.2, 0) is 6.42 Å². The third kappa shape index (κ3) is 1.40. The molecule has 1 aliphatic carbocycles. The summed E-state index contributed by atoms with van der Waals surface area (Å²) in [4.78, 5) is 0.272. The van der Waals surface area contributed by atoms with Crippen molar-refractivity contribution in [3.05, 3.63) is 34.1 Å². The van der Waals surface area contributed by atoms with E-state index in [2.05, 4.69) is 22.9 Å². The van der Waals surface area contributed by atoms with Crippen molar-refractivity contribution in [1.29, 1.82) is 0 Å². The van der Waals surface area contributed by atoms with E-state index in [1.807, 2.05) is 6.07 Å². The Balaban J connectivity index is 2.57. The lowest BCUT2D eigenvalue weighted by atomic mass is 10.1. The van der Waals surface area contributed by atoms with Crippen LogP contribution in [0.5, 0.6) is 0 Å². The minimum atomic E-state index is -0.243. The molecule has 0 aromatic heterocycles. The molecule has 1 aromatic rings. The zero-order chi connectivity index (χ0) is 9.59. The molecule has 3 heteroatoms. The highest BCUT2D eigenvalue weighted by Gasteiger charge is 2.30. The molecule has 0 fully saturated rings. The lowest BCUT2D eigenvalue weighted by Gasteiger charge is -2.06. The Hall–Kier alpha value is -0.0800. The van der Waals surface area contributed by atoms with E-state index in [-0.39, 0.29) is 15.7 Å². The molecule has 70 valence electrons. The Morgan fingerprint density at radius 2 is 2.23 bits per heavy atom. The fourth-order valence-corrected chi connectivity index (χ4v) is 2.60. The number of rotatable bonds is 0. The van der Waals surface area contributed by atoms with Gasteiger partial charge in [-0.1, -0.05) is 40.5 Å². The predicted octanol–water partition coefficient (Wildman–Crippen LogP) is 4.11. The number of alkyl halides is 1. The van der Waals surface area contributed by atoms with Gasteiger partial charge in [0, 0.05) is 4.83 Å². The molecule has 0 saturated heterocycles. The van der Waals surface area contributed by atoms with Crippen LogP contribution in [0, 0.1) is 11.7 Å². The second-order valence-electron chi connectivity index (χ2n) is 3.51. The molecule has 1 aromatic carbocycles. The summed E-state index contributed by atoms with van der Waals surface area (Å²) >= 11 is 9.25. The molecule has 0 spiro atoms. The molecule has 0 nitrogen and oxygen atoms in total. The average Bonchev–Trinajstić information content (AvgIpc) is 2.38. The third-order valence-corrected chi connectivity index (χ3v) is 4.24. The maximum atomic E-state index is 13.5. The predicted molar refractivity (Wildman–Crippen MR) is 55.9 cm³/mol. The van der Waals surface area contributed by atoms with Crippen LogP contribution in [0.4, 0.5) is 4.39 Å². The van der Waals surface area contributed by atoms with E-state index >= 15 is 0 Å². The van der Waals surface area contributed by atoms with Crippen LogP contribution in [-0.4, -0.2) is 0 Å². The first-order chi connectivity index (χ1) is 6.11. The van der Waals surface area contributed by atoms with E-state index in [1.165, 1.54) is 0 Å². The van der Waals surface area contributed by atoms with Crippen molar-refractivity contribution in [1.82, 2.24) is 0 Å². The molecule has 1 aliphatic rings. The van der Waals surface area contributed by atoms with Gasteiger partial charge in [0.25, 0.3) is 0 Å². The number of benzene rings is 1. The second-order valence-corrected chi connectivity index (χ2v) is 4.91. The van der Waals surface area contributed by atoms with Gasteiger partial charge in [-0.05, 0) is 29.5 Å². The summed E-state index contributed by atoms with van der Waals surface area (Å²) in [5.74, 6) is 0.205. The van der Waals surface area contributed by atoms with E-state index in [4.69, 9.17) is 11.6 Å². The van der Waals surface area contributed by atoms with Gasteiger partial charge in [-0.3, -0.25) is 0 Å². The second kappa shape index (κ2) is 3.25. The summed E-state index contributed by atoms with van der Waals surface area (Å²) in [5, 5.41) is 0.229. The van der Waals surface area contributed by atoms with Crippen LogP contribution in [0.1, 0.15) is 22.9 Å². The van der Waals surface area contributed by atoms with Gasteiger partial charge >= 0.3 is 0 Å². The lowest BCUT2D eigenvalue weighted by Crippen LogP contribution is -1.93. The summed E-state index contributed by atoms with van der Waals surface area (Å²) in [5.41, 5.74) is 1.83. The fourth-order valence-electron chi connectivity index (χ4n) is 1.81. The van der Waals surface area contributed by atoms with E-state index in [1.54, 1.807) is 6.07 Å². The zero-order valence-corrected chi connectivity index (χ0v) is 9.49. The van der Waals surface area contributed by atoms with Gasteiger partial charge in [-0.2, -0.15) is 0 Å². The van der Waals surface area contributed by atoms with Crippen LogP contribution in [0.3, 0.4) is 0 Å². The van der Waals surface area contributed by atoms with Crippen LogP contribution >= 0.6 is 27.5 Å². The Labute approximate surface area is 90.2 Å². The van der Waals surface area contributed by atoms with Gasteiger partial charge in [-0.15, -0.1) is 0 Å². The fraction of sp³-hybridized carbons (Fsp3) is 0.400. The molecule has 0 N–H and O–H groups in total. The highest BCUT2D eigenvalue weighted by Crippen LogP contribution is 2.43. The van der Waals surface area contributed by atoms with Crippen LogP contribution in [0.2, 0.25) is 5.02 Å². The largest absolute Gasteiger partial charge is 0.205 e. The summed E-state index contributed by atoms with van der Waals surface area (Å²) in [6.45, 7) is 2.10. The number of hydrogen-bond acceptors (Lipinski definition) is 0. The van der Waals surface area contributed by atoms with Gasteiger partial charge < -0.3 is 0 Å². The van der Waals surface area contributed by atoms with E-state index < -0.39 is 0 Å². The molecule has 13 heavy (non-hydrogen) atoms. The maximum Gasteiger partial charge on any atom is 0.145 e. The molecular formula is C10H9BrClF. The number of halogens is 3. The summed E-state index contributed by atoms with van der Waals surface area (Å²) in [6, 6.07) is 3.53. The lowest BCUT2D eigenvalue weighted by molar-refractivity contribution is 0.585. The highest BCUT2D eigenvalue weighted by molar-refractivity contribution is 9.09. The molecule has 2 unspecified atom stereocenters. The summed E-state index contributed by atoms with van der Waals surface area (Å²) in [7, 11) is 0. The zero-order valence-electron chi connectivity index (χ0n) is 7.15. The number of hydrogen-bond donors (Lipinski definition) is 0. The van der Waals surface area contributed by atoms with Crippen molar-refractivity contribution in [3.8, 4) is 0 Å². The first-order valence-electron chi connectivity index (χ1n) is 4.22. The SMILES string of the molecule is CC1Cc2c(ccc(Cl)c2F)C1Br. The van der Waals surface area contributed by atoms with Crippen molar-refractivity contribution in [2.75, 3.05) is 0 Å². The van der Waals surface area contributed by atoms with Crippen LogP contribution < -0.4 is 0 Å². The molecule has 0 radical (unpaired) electrons. The third-order valence-electron chi connectivity index (χ3n) is 2.56. The molecule has 0 bridgehead atoms. The van der Waals surface area contributed by atoms with E-state index in [0.29, 0.717) is 5.92 Å². The van der Waals surface area contributed by atoms with Crippen molar-refractivity contribution in [3.63, 3.8) is 0 Å². The summed E-state index contributed by atoms with van der Waals surface area (Å²) < 4.78 is 13.5. The van der Waals surface area contributed by atoms with Gasteiger partial charge in [0.05, 0.1) is 5.02 Å². The number of fused-ring (bicyclic) bond motifs is 1. The van der Waals surface area contributed by atoms with Gasteiger partial charge in [-0.25, -0.2) is 4.39 Å². The normalized spacial score (nSPS) is 26.2. The Morgan fingerprint density at radius 3 is 2.92 bits per heavy atom. The molecule has 0 aliphatic heterocycles. The topological polar surface area (TPSA) is 0 Å². The monoisotopic (exact) mass is 262 g/mol. The minimum Gasteiger partial charge on any atom is -0.205 e. The molecule has 0 amide bonds. The molecular weight excluding hydrogens is 254 g/mol. The Kier molecular flexibility index (Phi) is 2.37. The van der Waals surface area contributed by atoms with Crippen molar-refractivity contribution in [2.45, 2.75) is 18.2 Å². The standard InChI is InChI=1S/C10H9BrClF/c1-5-4-7-6(9(5)11)2-3-8(12)10(7)13/h2-3,5,9H,4H2,1H3. The first kappa shape index (κ1) is 9.47. The Morgan fingerprint density at radius 1 is 1.54 bits per heavy atom. The van der Waals surface area contributed by atoms with Gasteiger partial charge in [0.2, 0.25) is 0 Å². The molecule has 0 heterocycles. The molecule has 0 saturated carbocycles. The van der Waals surface area contributed by atoms with Gasteiger partial charge in [0.15, 0.2) is 0 Å². The molecule has 2 atom stereocenters. The van der Waals surface area contributed by atoms with E-state index in [9.17, 15) is 4.39 Å². The quantitative estimate of drug-likeness (QED) is 0.618. The smallest absolute Gasteiger partial charge is 0.145 e. The van der Waals surface area contributed by atoms with Crippen molar-refractivity contribution in [2.24, 2.45) is 5.92 Å². The Bertz CT molecular complexity index is 351. The van der Waals surface area contributed by atoms with Crippen LogP contribution in [0.15, 0.2) is 12.1 Å². The summed E-state index contributed by atoms with van der Waals surface area (Å²) in [6.07, 6.45) is 0.775. The minimum absolute atomic E-state index is 0.229. The maximum absolute atomic E-state index is 13.5. The van der Waals surface area contributed by atoms with Crippen LogP contribution in [0.25, 0.3) is 0 Å². The van der Waals surface area contributed by atoms with Crippen molar-refractivity contribution >= 4 is 27.5 Å². The van der Waals surface area contributed by atoms with Crippen molar-refractivity contribution < 1.29 is 4.39 Å². The first-order valence-corrected chi connectivity index (χ1v) is 5.51. The highest BCUT2D eigenvalue weighted by atomic mass is 79.9. The molecule has 2 rings (SSSR count).